The minimum atomic E-state index is -4.39. The second-order valence-corrected chi connectivity index (χ2v) is 7.26. The number of alkyl halides is 3. The minimum Gasteiger partial charge on any atom is -0.484 e. The Labute approximate surface area is 165 Å². The van der Waals surface area contributed by atoms with Gasteiger partial charge in [0.1, 0.15) is 17.7 Å². The predicted octanol–water partition coefficient (Wildman–Crippen LogP) is 3.64. The number of carbonyl (C=O) groups excluding carboxylic acids is 1. The standard InChI is InChI=1S/C20H20F3N3O3/c1-11-7-13(3-4-16(11)28-10-20(21,22)23)8-26-9-15-14(19(26)27)5-6-24-17(15)25-18-12(2)29-18/h3-7,12,18H,8-10H2,1-2H3,(H,24,25). The molecule has 0 saturated carbocycles. The molecule has 6 nitrogen and oxygen atoms in total. The van der Waals surface area contributed by atoms with E-state index in [2.05, 4.69) is 10.3 Å². The normalized spacial score (nSPS) is 20.6. The molecular formula is C20H20F3N3O3. The third-order valence-corrected chi connectivity index (χ3v) is 4.92. The van der Waals surface area contributed by atoms with Gasteiger partial charge in [-0.05, 0) is 37.1 Å². The van der Waals surface area contributed by atoms with E-state index < -0.39 is 12.8 Å². The van der Waals surface area contributed by atoms with Crippen molar-refractivity contribution in [3.05, 3.63) is 52.7 Å². The summed E-state index contributed by atoms with van der Waals surface area (Å²) in [7, 11) is 0. The number of pyridine rings is 1. The molecule has 3 heterocycles. The van der Waals surface area contributed by atoms with Gasteiger partial charge in [0.25, 0.3) is 5.91 Å². The summed E-state index contributed by atoms with van der Waals surface area (Å²) in [6.45, 7) is 3.03. The number of benzene rings is 1. The number of hydrogen-bond acceptors (Lipinski definition) is 5. The van der Waals surface area contributed by atoms with Gasteiger partial charge in [-0.2, -0.15) is 13.2 Å². The molecule has 1 N–H and O–H groups in total. The Kier molecular flexibility index (Phi) is 4.85. The summed E-state index contributed by atoms with van der Waals surface area (Å²) in [5.74, 6) is 0.710. The number of fused-ring (bicyclic) bond motifs is 1. The summed E-state index contributed by atoms with van der Waals surface area (Å²) in [5, 5.41) is 3.19. The van der Waals surface area contributed by atoms with Gasteiger partial charge in [0.2, 0.25) is 0 Å². The van der Waals surface area contributed by atoms with Crippen LogP contribution in [0.1, 0.15) is 34.0 Å². The molecule has 0 aliphatic carbocycles. The summed E-state index contributed by atoms with van der Waals surface area (Å²) < 4.78 is 47.2. The number of epoxide rings is 1. The molecule has 2 aliphatic heterocycles. The van der Waals surface area contributed by atoms with Gasteiger partial charge in [-0.1, -0.05) is 12.1 Å². The molecule has 1 aromatic carbocycles. The summed E-state index contributed by atoms with van der Waals surface area (Å²) >= 11 is 0. The number of nitrogens with zero attached hydrogens (tertiary/aromatic N) is 2. The second-order valence-electron chi connectivity index (χ2n) is 7.26. The number of nitrogens with one attached hydrogen (secondary N) is 1. The van der Waals surface area contributed by atoms with E-state index in [4.69, 9.17) is 9.47 Å². The van der Waals surface area contributed by atoms with Crippen LogP contribution in [0, 0.1) is 6.92 Å². The van der Waals surface area contributed by atoms with Crippen molar-refractivity contribution in [3.8, 4) is 5.75 Å². The molecule has 154 valence electrons. The van der Waals surface area contributed by atoms with Crippen LogP contribution < -0.4 is 10.1 Å². The lowest BCUT2D eigenvalue weighted by atomic mass is 10.1. The molecule has 1 fully saturated rings. The fraction of sp³-hybridized carbons (Fsp3) is 0.400. The topological polar surface area (TPSA) is 67.0 Å². The first kappa shape index (κ1) is 19.5. The van der Waals surface area contributed by atoms with Crippen LogP contribution in [0.4, 0.5) is 19.0 Å². The third kappa shape index (κ3) is 4.29. The Balaban J connectivity index is 1.45. The van der Waals surface area contributed by atoms with E-state index in [9.17, 15) is 18.0 Å². The molecule has 1 saturated heterocycles. The molecule has 0 spiro atoms. The average molecular weight is 407 g/mol. The van der Waals surface area contributed by atoms with Crippen LogP contribution in [0.5, 0.6) is 5.75 Å². The second kappa shape index (κ2) is 7.22. The molecule has 2 unspecified atom stereocenters. The molecule has 29 heavy (non-hydrogen) atoms. The van der Waals surface area contributed by atoms with Crippen LogP contribution in [0.15, 0.2) is 30.5 Å². The van der Waals surface area contributed by atoms with Crippen LogP contribution >= 0.6 is 0 Å². The number of anilines is 1. The Hall–Kier alpha value is -2.81. The smallest absolute Gasteiger partial charge is 0.422 e. The first-order chi connectivity index (χ1) is 13.7. The fourth-order valence-electron chi connectivity index (χ4n) is 3.36. The highest BCUT2D eigenvalue weighted by Gasteiger charge is 2.37. The zero-order valence-corrected chi connectivity index (χ0v) is 15.9. The zero-order chi connectivity index (χ0) is 20.8. The maximum Gasteiger partial charge on any atom is 0.422 e. The fourth-order valence-corrected chi connectivity index (χ4v) is 3.36. The average Bonchev–Trinajstić information content (AvgIpc) is 3.24. The highest BCUT2D eigenvalue weighted by atomic mass is 19.4. The molecule has 1 aromatic heterocycles. The van der Waals surface area contributed by atoms with E-state index >= 15 is 0 Å². The highest BCUT2D eigenvalue weighted by Crippen LogP contribution is 2.32. The summed E-state index contributed by atoms with van der Waals surface area (Å²) in [4.78, 5) is 18.8. The highest BCUT2D eigenvalue weighted by molar-refractivity contribution is 5.99. The Morgan fingerprint density at radius 3 is 2.76 bits per heavy atom. The zero-order valence-electron chi connectivity index (χ0n) is 15.9. The molecule has 1 amide bonds. The van der Waals surface area contributed by atoms with Crippen LogP contribution in [-0.2, 0) is 17.8 Å². The lowest BCUT2D eigenvalue weighted by Crippen LogP contribution is -2.23. The third-order valence-electron chi connectivity index (χ3n) is 4.92. The molecule has 4 rings (SSSR count). The maximum atomic E-state index is 12.8. The van der Waals surface area contributed by atoms with E-state index in [-0.39, 0.29) is 24.0 Å². The number of aryl methyl sites for hydroxylation is 1. The van der Waals surface area contributed by atoms with Crippen molar-refractivity contribution in [3.63, 3.8) is 0 Å². The first-order valence-electron chi connectivity index (χ1n) is 9.19. The molecule has 2 aromatic rings. The van der Waals surface area contributed by atoms with Gasteiger partial charge >= 0.3 is 6.18 Å². The van der Waals surface area contributed by atoms with Crippen LogP contribution in [0.2, 0.25) is 0 Å². The van der Waals surface area contributed by atoms with Crippen LogP contribution in [-0.4, -0.2) is 40.9 Å². The lowest BCUT2D eigenvalue weighted by molar-refractivity contribution is -0.153. The summed E-state index contributed by atoms with van der Waals surface area (Å²) in [6.07, 6.45) is -2.78. The van der Waals surface area contributed by atoms with Gasteiger partial charge in [0.15, 0.2) is 12.8 Å². The molecule has 0 radical (unpaired) electrons. The monoisotopic (exact) mass is 407 g/mol. The van der Waals surface area contributed by atoms with E-state index in [1.54, 1.807) is 36.2 Å². The van der Waals surface area contributed by atoms with Gasteiger partial charge in [-0.3, -0.25) is 4.79 Å². The summed E-state index contributed by atoms with van der Waals surface area (Å²) in [6, 6.07) is 6.61. The quantitative estimate of drug-likeness (QED) is 0.741. The molecule has 2 aliphatic rings. The molecule has 9 heteroatoms. The Morgan fingerprint density at radius 1 is 1.34 bits per heavy atom. The van der Waals surface area contributed by atoms with Crippen LogP contribution in [0.25, 0.3) is 0 Å². The molecular weight excluding hydrogens is 387 g/mol. The van der Waals surface area contributed by atoms with Crippen molar-refractivity contribution in [2.24, 2.45) is 0 Å². The molecule has 2 atom stereocenters. The first-order valence-corrected chi connectivity index (χ1v) is 9.19. The number of amides is 1. The van der Waals surface area contributed by atoms with E-state index in [0.29, 0.717) is 30.0 Å². The van der Waals surface area contributed by atoms with Gasteiger partial charge in [-0.15, -0.1) is 0 Å². The van der Waals surface area contributed by atoms with Crippen LogP contribution in [0.3, 0.4) is 0 Å². The number of carbonyl (C=O) groups is 1. The van der Waals surface area contributed by atoms with Gasteiger partial charge in [0.05, 0.1) is 6.54 Å². The van der Waals surface area contributed by atoms with E-state index in [1.807, 2.05) is 6.92 Å². The van der Waals surface area contributed by atoms with Crippen molar-refractivity contribution in [1.29, 1.82) is 0 Å². The van der Waals surface area contributed by atoms with Gasteiger partial charge < -0.3 is 19.7 Å². The summed E-state index contributed by atoms with van der Waals surface area (Å²) in [5.41, 5.74) is 2.81. The van der Waals surface area contributed by atoms with Crippen molar-refractivity contribution in [1.82, 2.24) is 9.88 Å². The van der Waals surface area contributed by atoms with Crippen molar-refractivity contribution in [2.45, 2.75) is 45.4 Å². The van der Waals surface area contributed by atoms with E-state index in [0.717, 1.165) is 11.1 Å². The van der Waals surface area contributed by atoms with Gasteiger partial charge in [-0.25, -0.2) is 4.98 Å². The SMILES string of the molecule is Cc1cc(CN2Cc3c(ccnc3NC3OC3C)C2=O)ccc1OCC(F)(F)F. The maximum absolute atomic E-state index is 12.8. The molecule has 0 bridgehead atoms. The van der Waals surface area contributed by atoms with Crippen molar-refractivity contribution >= 4 is 11.7 Å². The number of hydrogen-bond donors (Lipinski definition) is 1. The van der Waals surface area contributed by atoms with Crippen molar-refractivity contribution in [2.75, 3.05) is 11.9 Å². The minimum absolute atomic E-state index is 0.0926. The Bertz CT molecular complexity index is 948. The number of aromatic nitrogens is 1. The number of rotatable bonds is 6. The largest absolute Gasteiger partial charge is 0.484 e. The van der Waals surface area contributed by atoms with E-state index in [1.165, 1.54) is 6.07 Å². The Morgan fingerprint density at radius 2 is 2.10 bits per heavy atom. The number of ether oxygens (including phenoxy) is 2. The van der Waals surface area contributed by atoms with Crippen molar-refractivity contribution < 1.29 is 27.4 Å². The lowest BCUT2D eigenvalue weighted by Gasteiger charge is -2.17. The predicted molar refractivity (Wildman–Crippen MR) is 98.5 cm³/mol. The number of halogens is 3. The van der Waals surface area contributed by atoms with Gasteiger partial charge in [0, 0.05) is 23.9 Å².